The van der Waals surface area contributed by atoms with Crippen LogP contribution in [0.2, 0.25) is 5.02 Å². The number of carbonyl (C=O) groups excluding carboxylic acids is 1. The molecule has 6 heteroatoms. The molecule has 0 radical (unpaired) electrons. The lowest BCUT2D eigenvalue weighted by molar-refractivity contribution is -0.141. The topological polar surface area (TPSA) is 41.9 Å². The van der Waals surface area contributed by atoms with E-state index in [1.54, 1.807) is 11.1 Å². The van der Waals surface area contributed by atoms with Crippen molar-refractivity contribution in [2.45, 2.75) is 12.5 Å². The number of rotatable bonds is 2. The summed E-state index contributed by atoms with van der Waals surface area (Å²) in [5.41, 5.74) is 0.694. The zero-order valence-corrected chi connectivity index (χ0v) is 11.4. The molecule has 0 unspecified atom stereocenters. The molecule has 1 atom stereocenters. The van der Waals surface area contributed by atoms with Gasteiger partial charge in [-0.1, -0.05) is 23.7 Å². The summed E-state index contributed by atoms with van der Waals surface area (Å²) in [6, 6.07) is 6.78. The molecule has 0 fully saturated rings. The zero-order chi connectivity index (χ0) is 12.4. The van der Waals surface area contributed by atoms with Crippen LogP contribution in [0.5, 0.6) is 0 Å². The van der Waals surface area contributed by atoms with Crippen LogP contribution in [0.25, 0.3) is 0 Å². The van der Waals surface area contributed by atoms with Crippen LogP contribution in [-0.2, 0) is 9.53 Å². The number of ether oxygens (including phenoxy) is 1. The molecule has 90 valence electrons. The summed E-state index contributed by atoms with van der Waals surface area (Å²) in [7, 11) is 1.36. The summed E-state index contributed by atoms with van der Waals surface area (Å²) < 4.78 is 5.46. The first kappa shape index (κ1) is 12.4. The van der Waals surface area contributed by atoms with E-state index in [4.69, 9.17) is 16.3 Å². The number of nitrogens with zero attached hydrogens (tertiary/aromatic N) is 2. The van der Waals surface area contributed by atoms with Gasteiger partial charge in [0.1, 0.15) is 4.62 Å². The van der Waals surface area contributed by atoms with Crippen LogP contribution in [0.15, 0.2) is 29.4 Å². The molecule has 0 saturated heterocycles. The molecular weight excluding hydrogens is 307 g/mol. The van der Waals surface area contributed by atoms with Crippen LogP contribution in [0, 0.1) is 0 Å². The Labute approximate surface area is 112 Å². The predicted molar refractivity (Wildman–Crippen MR) is 70.7 cm³/mol. The van der Waals surface area contributed by atoms with Crippen molar-refractivity contribution >= 4 is 43.8 Å². The highest BCUT2D eigenvalue weighted by Crippen LogP contribution is 2.32. The Hall–Kier alpha value is -1.07. The fourth-order valence-corrected chi connectivity index (χ4v) is 2.35. The van der Waals surface area contributed by atoms with Crippen molar-refractivity contribution in [3.05, 3.63) is 29.3 Å². The van der Waals surface area contributed by atoms with Crippen LogP contribution >= 0.6 is 27.5 Å². The number of hydrogen-bond donors (Lipinski definition) is 0. The standard InChI is InChI=1S/C11H10BrClN2O2/c1-17-11(16)9-6-10(12)14-15(9)8-5-3-2-4-7(8)13/h2-5,9H,6H2,1H3/t9-/m0/s1. The number of para-hydroxylation sites is 1. The van der Waals surface area contributed by atoms with Crippen molar-refractivity contribution in [3.8, 4) is 0 Å². The van der Waals surface area contributed by atoms with Crippen molar-refractivity contribution < 1.29 is 9.53 Å². The van der Waals surface area contributed by atoms with Gasteiger partial charge in [0.05, 0.1) is 17.8 Å². The third-order valence-corrected chi connectivity index (χ3v) is 3.25. The number of carbonyl (C=O) groups is 1. The van der Waals surface area contributed by atoms with E-state index in [1.807, 2.05) is 18.2 Å². The Morgan fingerprint density at radius 2 is 2.29 bits per heavy atom. The van der Waals surface area contributed by atoms with Gasteiger partial charge in [-0.25, -0.2) is 9.80 Å². The minimum absolute atomic E-state index is 0.330. The van der Waals surface area contributed by atoms with Crippen LogP contribution in [0.3, 0.4) is 0 Å². The average Bonchev–Trinajstić information content (AvgIpc) is 2.71. The molecule has 1 aromatic rings. The van der Waals surface area contributed by atoms with Gasteiger partial charge >= 0.3 is 5.97 Å². The second-order valence-electron chi connectivity index (χ2n) is 3.52. The molecule has 0 spiro atoms. The highest BCUT2D eigenvalue weighted by atomic mass is 79.9. The predicted octanol–water partition coefficient (Wildman–Crippen LogP) is 2.80. The second-order valence-corrected chi connectivity index (χ2v) is 4.84. The first-order valence-electron chi connectivity index (χ1n) is 4.98. The molecule has 0 N–H and O–H groups in total. The average molecular weight is 318 g/mol. The molecule has 0 saturated carbocycles. The Balaban J connectivity index is 2.36. The van der Waals surface area contributed by atoms with Gasteiger partial charge in [-0.05, 0) is 28.1 Å². The number of hydrazone groups is 1. The lowest BCUT2D eigenvalue weighted by Crippen LogP contribution is -2.35. The van der Waals surface area contributed by atoms with Gasteiger partial charge < -0.3 is 4.74 Å². The lowest BCUT2D eigenvalue weighted by atomic mass is 10.2. The van der Waals surface area contributed by atoms with Crippen molar-refractivity contribution in [1.29, 1.82) is 0 Å². The van der Waals surface area contributed by atoms with E-state index in [0.717, 1.165) is 0 Å². The summed E-state index contributed by atoms with van der Waals surface area (Å²) in [6.45, 7) is 0. The SMILES string of the molecule is COC(=O)[C@@H]1CC(Br)=NN1c1ccccc1Cl. The van der Waals surface area contributed by atoms with E-state index in [1.165, 1.54) is 7.11 Å². The van der Waals surface area contributed by atoms with Crippen LogP contribution < -0.4 is 5.01 Å². The van der Waals surface area contributed by atoms with Gasteiger partial charge in [-0.3, -0.25) is 0 Å². The minimum atomic E-state index is -0.464. The quantitative estimate of drug-likeness (QED) is 0.788. The maximum atomic E-state index is 11.7. The molecule has 0 bridgehead atoms. The van der Waals surface area contributed by atoms with E-state index < -0.39 is 6.04 Å². The van der Waals surface area contributed by atoms with Gasteiger partial charge in [-0.2, -0.15) is 5.10 Å². The van der Waals surface area contributed by atoms with E-state index in [-0.39, 0.29) is 5.97 Å². The minimum Gasteiger partial charge on any atom is -0.467 e. The lowest BCUT2D eigenvalue weighted by Gasteiger charge is -2.22. The molecule has 0 aliphatic carbocycles. The first-order valence-corrected chi connectivity index (χ1v) is 6.15. The maximum Gasteiger partial charge on any atom is 0.331 e. The van der Waals surface area contributed by atoms with Crippen LogP contribution in [-0.4, -0.2) is 23.7 Å². The van der Waals surface area contributed by atoms with Crippen LogP contribution in [0.4, 0.5) is 5.69 Å². The smallest absolute Gasteiger partial charge is 0.331 e. The van der Waals surface area contributed by atoms with Crippen LogP contribution in [0.1, 0.15) is 6.42 Å². The van der Waals surface area contributed by atoms with Gasteiger partial charge in [-0.15, -0.1) is 0 Å². The van der Waals surface area contributed by atoms with E-state index >= 15 is 0 Å². The van der Waals surface area contributed by atoms with E-state index in [9.17, 15) is 4.79 Å². The van der Waals surface area contributed by atoms with Crippen molar-refractivity contribution in [2.24, 2.45) is 5.10 Å². The molecule has 0 amide bonds. The van der Waals surface area contributed by atoms with Gasteiger partial charge in [0.15, 0.2) is 6.04 Å². The van der Waals surface area contributed by atoms with Gasteiger partial charge in [0, 0.05) is 6.42 Å². The normalized spacial score (nSPS) is 19.1. The Morgan fingerprint density at radius 3 is 2.94 bits per heavy atom. The highest BCUT2D eigenvalue weighted by Gasteiger charge is 2.34. The van der Waals surface area contributed by atoms with Gasteiger partial charge in [0.2, 0.25) is 0 Å². The Kier molecular flexibility index (Phi) is 3.69. The van der Waals surface area contributed by atoms with Crippen molar-refractivity contribution in [1.82, 2.24) is 0 Å². The summed E-state index contributed by atoms with van der Waals surface area (Å²) in [4.78, 5) is 11.7. The Morgan fingerprint density at radius 1 is 1.59 bits per heavy atom. The summed E-state index contributed by atoms with van der Waals surface area (Å²) in [5, 5.41) is 6.38. The second kappa shape index (κ2) is 5.06. The molecular formula is C11H10BrClN2O2. The molecule has 0 aromatic heterocycles. The number of benzene rings is 1. The summed E-state index contributed by atoms with van der Waals surface area (Å²) in [5.74, 6) is -0.330. The molecule has 1 heterocycles. The third kappa shape index (κ3) is 2.45. The van der Waals surface area contributed by atoms with Crippen molar-refractivity contribution in [2.75, 3.05) is 12.1 Å². The molecule has 2 rings (SSSR count). The summed E-state index contributed by atoms with van der Waals surface area (Å²) >= 11 is 9.38. The van der Waals surface area contributed by atoms with E-state index in [0.29, 0.717) is 21.8 Å². The molecule has 1 aromatic carbocycles. The fraction of sp³-hybridized carbons (Fsp3) is 0.273. The monoisotopic (exact) mass is 316 g/mol. The first-order chi connectivity index (χ1) is 8.13. The molecule has 1 aliphatic rings. The molecule has 4 nitrogen and oxygen atoms in total. The number of methoxy groups -OCH3 is 1. The number of anilines is 1. The number of hydrogen-bond acceptors (Lipinski definition) is 4. The summed E-state index contributed by atoms with van der Waals surface area (Å²) in [6.07, 6.45) is 0.484. The fourth-order valence-electron chi connectivity index (χ4n) is 1.65. The third-order valence-electron chi connectivity index (χ3n) is 2.45. The molecule has 1 aliphatic heterocycles. The largest absolute Gasteiger partial charge is 0.467 e. The van der Waals surface area contributed by atoms with E-state index in [2.05, 4.69) is 21.0 Å². The number of halogens is 2. The van der Waals surface area contributed by atoms with Gasteiger partial charge in [0.25, 0.3) is 0 Å². The molecule has 17 heavy (non-hydrogen) atoms. The highest BCUT2D eigenvalue weighted by molar-refractivity contribution is 9.18. The number of esters is 1. The Bertz CT molecular complexity index is 478. The maximum absolute atomic E-state index is 11.7. The van der Waals surface area contributed by atoms with Crippen molar-refractivity contribution in [3.63, 3.8) is 0 Å². The zero-order valence-electron chi connectivity index (χ0n) is 9.06.